The summed E-state index contributed by atoms with van der Waals surface area (Å²) in [5.74, 6) is -1.24. The highest BCUT2D eigenvalue weighted by Crippen LogP contribution is 2.26. The van der Waals surface area contributed by atoms with Gasteiger partial charge in [0.1, 0.15) is 24.4 Å². The number of allylic oxidation sites excluding steroid dienone is 21. The molecule has 472 valence electrons. The van der Waals surface area contributed by atoms with Crippen molar-refractivity contribution in [2.24, 2.45) is 0 Å². The van der Waals surface area contributed by atoms with Crippen LogP contribution in [0, 0.1) is 0 Å². The van der Waals surface area contributed by atoms with Crippen LogP contribution in [0.3, 0.4) is 0 Å². The molecule has 1 fully saturated rings. The molecular formula is C72H119NO10. The number of aliphatic hydroxyl groups is 5. The number of amides is 1. The first kappa shape index (κ1) is 76.8. The number of hydrogen-bond donors (Lipinski definition) is 6. The molecule has 1 aliphatic rings. The lowest BCUT2D eigenvalue weighted by Gasteiger charge is -2.41. The van der Waals surface area contributed by atoms with Gasteiger partial charge in [-0.3, -0.25) is 9.59 Å². The van der Waals surface area contributed by atoms with Gasteiger partial charge in [0.25, 0.3) is 0 Å². The Balaban J connectivity index is 2.62. The highest BCUT2D eigenvalue weighted by Gasteiger charge is 2.47. The van der Waals surface area contributed by atoms with E-state index in [2.05, 4.69) is 111 Å². The maximum Gasteiger partial charge on any atom is 0.306 e. The Morgan fingerprint density at radius 2 is 0.928 bits per heavy atom. The van der Waals surface area contributed by atoms with E-state index in [4.69, 9.17) is 14.2 Å². The molecule has 1 aliphatic heterocycles. The van der Waals surface area contributed by atoms with E-state index in [1.807, 2.05) is 42.5 Å². The molecule has 8 unspecified atom stereocenters. The summed E-state index contributed by atoms with van der Waals surface area (Å²) >= 11 is 0. The Labute approximate surface area is 505 Å². The predicted molar refractivity (Wildman–Crippen MR) is 347 cm³/mol. The van der Waals surface area contributed by atoms with Crippen LogP contribution in [0.2, 0.25) is 0 Å². The molecule has 11 nitrogen and oxygen atoms in total. The number of nitrogens with one attached hydrogen (secondary N) is 1. The molecule has 0 spiro atoms. The Hall–Kier alpha value is -4.20. The lowest BCUT2D eigenvalue weighted by Crippen LogP contribution is -2.61. The van der Waals surface area contributed by atoms with Crippen LogP contribution in [0.15, 0.2) is 134 Å². The van der Waals surface area contributed by atoms with Gasteiger partial charge in [-0.1, -0.05) is 276 Å². The summed E-state index contributed by atoms with van der Waals surface area (Å²) in [5.41, 5.74) is 0. The molecule has 6 N–H and O–H groups in total. The fraction of sp³-hybridized carbons (Fsp3) is 0.667. The Kier molecular flexibility index (Phi) is 53.9. The standard InChI is InChI=1S/C72H119NO10/c1-4-7-10-13-16-19-22-25-27-28-29-30-31-32-33-34-35-36-37-38-39-42-45-48-51-54-57-60-67(77)83-70-69(79)68(78)66(61-74)82-72(70)81-62-63(64(75)58-55-52-49-46-43-40-24-21-18-15-12-9-6-3)73-71(80)65(76)59-56-53-50-47-44-41-26-23-20-17-14-11-8-5-2/h7-8,10-11,14,16-17,19-20,23,25-27,29-30,32-33,35-36,41,55,58,63-66,68-70,72,74-76,78-79H,4-6,9,12-13,15,18,21-22,24,28,31,34,37-40,42-54,56-57,59-62H2,1-3H3,(H,73,80)/b10-7-,11-8+,17-14+,19-16-,23-20+,27-25-,30-29-,33-32-,36-35-,41-26-,58-55+. The minimum atomic E-state index is -1.63. The smallest absolute Gasteiger partial charge is 0.306 e. The molecule has 11 heteroatoms. The van der Waals surface area contributed by atoms with Crippen LogP contribution < -0.4 is 5.32 Å². The molecule has 1 heterocycles. The lowest BCUT2D eigenvalue weighted by molar-refractivity contribution is -0.305. The highest BCUT2D eigenvalue weighted by molar-refractivity contribution is 5.80. The molecule has 0 aliphatic carbocycles. The van der Waals surface area contributed by atoms with Gasteiger partial charge in [0.15, 0.2) is 12.4 Å². The zero-order chi connectivity index (χ0) is 60.3. The average Bonchev–Trinajstić information content (AvgIpc) is 3.61. The van der Waals surface area contributed by atoms with Crippen molar-refractivity contribution in [3.63, 3.8) is 0 Å². The van der Waals surface area contributed by atoms with Gasteiger partial charge in [0.2, 0.25) is 5.91 Å². The van der Waals surface area contributed by atoms with E-state index < -0.39 is 67.4 Å². The maximum absolute atomic E-state index is 13.4. The third kappa shape index (κ3) is 45.8. The molecule has 0 radical (unpaired) electrons. The molecule has 0 saturated carbocycles. The predicted octanol–water partition coefficient (Wildman–Crippen LogP) is 16.4. The number of esters is 1. The summed E-state index contributed by atoms with van der Waals surface area (Å²) in [4.78, 5) is 26.6. The molecule has 83 heavy (non-hydrogen) atoms. The summed E-state index contributed by atoms with van der Waals surface area (Å²) in [6, 6.07) is -1.05. The number of ether oxygens (including phenoxy) is 3. The normalized spacial score (nSPS) is 19.4. The van der Waals surface area contributed by atoms with Gasteiger partial charge < -0.3 is 45.1 Å². The Morgan fingerprint density at radius 1 is 0.494 bits per heavy atom. The van der Waals surface area contributed by atoms with Crippen molar-refractivity contribution < 1.29 is 49.3 Å². The Bertz CT molecular complexity index is 1860. The van der Waals surface area contributed by atoms with Gasteiger partial charge in [-0.05, 0) is 96.3 Å². The number of rotatable bonds is 54. The summed E-state index contributed by atoms with van der Waals surface area (Å²) in [5, 5.41) is 57.1. The summed E-state index contributed by atoms with van der Waals surface area (Å²) in [7, 11) is 0. The summed E-state index contributed by atoms with van der Waals surface area (Å²) < 4.78 is 17.6. The maximum atomic E-state index is 13.4. The largest absolute Gasteiger partial charge is 0.454 e. The fourth-order valence-electron chi connectivity index (χ4n) is 9.49. The topological polar surface area (TPSA) is 175 Å². The number of aliphatic hydroxyl groups excluding tert-OH is 5. The van der Waals surface area contributed by atoms with E-state index in [0.29, 0.717) is 12.8 Å². The SMILES string of the molecule is CC/C=C\C/C=C\C/C=C\C/C=C\C/C=C\C/C=C\CCCCCCCCCCC(=O)OC1C(OCC(NC(=O)C(O)CCCCCC\C=C/C=C/C=C/C=C/CC)C(O)/C=C/CCCCCCCCCCCCC)OC(CO)C(O)C1O. The quantitative estimate of drug-likeness (QED) is 0.0149. The van der Waals surface area contributed by atoms with Crippen LogP contribution in [0.5, 0.6) is 0 Å². The van der Waals surface area contributed by atoms with Gasteiger partial charge >= 0.3 is 5.97 Å². The molecule has 1 amide bonds. The molecule has 0 aromatic carbocycles. The van der Waals surface area contributed by atoms with Gasteiger partial charge in [0.05, 0.1) is 25.4 Å². The van der Waals surface area contributed by atoms with Crippen LogP contribution >= 0.6 is 0 Å². The van der Waals surface area contributed by atoms with Crippen LogP contribution in [-0.4, -0.2) is 99.6 Å². The van der Waals surface area contributed by atoms with Crippen molar-refractivity contribution >= 4 is 11.9 Å². The van der Waals surface area contributed by atoms with Crippen molar-refractivity contribution in [2.75, 3.05) is 13.2 Å². The number of hydrogen-bond acceptors (Lipinski definition) is 10. The zero-order valence-corrected chi connectivity index (χ0v) is 52.3. The van der Waals surface area contributed by atoms with Gasteiger partial charge in [-0.2, -0.15) is 0 Å². The van der Waals surface area contributed by atoms with Crippen LogP contribution in [0.1, 0.15) is 245 Å². The summed E-state index contributed by atoms with van der Waals surface area (Å²) in [6.45, 7) is 5.51. The van der Waals surface area contributed by atoms with Gasteiger partial charge in [-0.25, -0.2) is 0 Å². The first-order valence-corrected chi connectivity index (χ1v) is 33.0. The molecular weight excluding hydrogens is 1040 g/mol. The van der Waals surface area contributed by atoms with E-state index >= 15 is 0 Å². The lowest BCUT2D eigenvalue weighted by atomic mass is 9.99. The van der Waals surface area contributed by atoms with Crippen molar-refractivity contribution in [1.82, 2.24) is 5.32 Å². The zero-order valence-electron chi connectivity index (χ0n) is 52.3. The van der Waals surface area contributed by atoms with Crippen LogP contribution in [0.4, 0.5) is 0 Å². The molecule has 0 bridgehead atoms. The minimum absolute atomic E-state index is 0.102. The van der Waals surface area contributed by atoms with E-state index in [1.165, 1.54) is 70.6 Å². The fourth-order valence-corrected chi connectivity index (χ4v) is 9.49. The van der Waals surface area contributed by atoms with Crippen molar-refractivity contribution in [1.29, 1.82) is 0 Å². The van der Waals surface area contributed by atoms with Crippen molar-refractivity contribution in [2.45, 2.75) is 294 Å². The number of carbonyl (C=O) groups excluding carboxylic acids is 2. The minimum Gasteiger partial charge on any atom is -0.454 e. The highest BCUT2D eigenvalue weighted by atomic mass is 16.7. The van der Waals surface area contributed by atoms with E-state index in [9.17, 15) is 35.1 Å². The first-order valence-electron chi connectivity index (χ1n) is 33.0. The third-order valence-electron chi connectivity index (χ3n) is 14.6. The Morgan fingerprint density at radius 3 is 1.45 bits per heavy atom. The summed E-state index contributed by atoms with van der Waals surface area (Å²) in [6.07, 6.45) is 72.0. The van der Waals surface area contributed by atoms with Crippen molar-refractivity contribution in [3.05, 3.63) is 134 Å². The van der Waals surface area contributed by atoms with Crippen LogP contribution in [-0.2, 0) is 23.8 Å². The monoisotopic (exact) mass is 1160 g/mol. The average molecular weight is 1160 g/mol. The molecule has 8 atom stereocenters. The van der Waals surface area contributed by atoms with E-state index in [0.717, 1.165) is 128 Å². The second kappa shape index (κ2) is 58.2. The second-order valence-corrected chi connectivity index (χ2v) is 22.2. The third-order valence-corrected chi connectivity index (χ3v) is 14.6. The number of carbonyl (C=O) groups is 2. The first-order chi connectivity index (χ1) is 40.7. The molecule has 1 saturated heterocycles. The second-order valence-electron chi connectivity index (χ2n) is 22.2. The number of unbranched alkanes of at least 4 members (excludes halogenated alkanes) is 23. The van der Waals surface area contributed by atoms with Gasteiger partial charge in [-0.15, -0.1) is 0 Å². The van der Waals surface area contributed by atoms with Gasteiger partial charge in [0, 0.05) is 6.42 Å². The van der Waals surface area contributed by atoms with E-state index in [1.54, 1.807) is 6.08 Å². The van der Waals surface area contributed by atoms with E-state index in [-0.39, 0.29) is 19.4 Å². The van der Waals surface area contributed by atoms with Crippen molar-refractivity contribution in [3.8, 4) is 0 Å². The molecule has 0 aromatic heterocycles. The molecule has 1 rings (SSSR count). The molecule has 0 aromatic rings. The van der Waals surface area contributed by atoms with Crippen LogP contribution in [0.25, 0.3) is 0 Å².